The van der Waals surface area contributed by atoms with E-state index in [4.69, 9.17) is 4.74 Å². The van der Waals surface area contributed by atoms with E-state index >= 15 is 0 Å². The van der Waals surface area contributed by atoms with Gasteiger partial charge in [0.25, 0.3) is 0 Å². The predicted octanol–water partition coefficient (Wildman–Crippen LogP) is 3.04. The number of para-hydroxylation sites is 2. The third-order valence-electron chi connectivity index (χ3n) is 4.71. The zero-order chi connectivity index (χ0) is 17.9. The Hall–Kier alpha value is -2.63. The van der Waals surface area contributed by atoms with E-state index in [-0.39, 0.29) is 5.91 Å². The molecule has 2 aromatic rings. The third kappa shape index (κ3) is 3.73. The molecule has 0 unspecified atom stereocenters. The lowest BCUT2D eigenvalue weighted by Gasteiger charge is -2.40. The van der Waals surface area contributed by atoms with Crippen LogP contribution in [0, 0.1) is 12.3 Å². The average molecular weight is 340 g/mol. The van der Waals surface area contributed by atoms with Gasteiger partial charge < -0.3 is 15.0 Å². The van der Waals surface area contributed by atoms with Gasteiger partial charge in [-0.05, 0) is 38.8 Å². The number of anilines is 2. The van der Waals surface area contributed by atoms with Crippen LogP contribution in [0.5, 0.6) is 5.75 Å². The van der Waals surface area contributed by atoms with Crippen molar-refractivity contribution in [3.05, 3.63) is 42.4 Å². The fourth-order valence-electron chi connectivity index (χ4n) is 3.25. The van der Waals surface area contributed by atoms with Crippen LogP contribution in [0.3, 0.4) is 0 Å². The SMILES string of the molecule is COc1ccccc1NC(=O)[C@]1(C)CCCN(c2cc(C)ncn2)C1. The number of ether oxygens (including phenoxy) is 1. The molecule has 0 saturated carbocycles. The van der Waals surface area contributed by atoms with Gasteiger partial charge in [-0.2, -0.15) is 0 Å². The van der Waals surface area contributed by atoms with Crippen molar-refractivity contribution < 1.29 is 9.53 Å². The Morgan fingerprint density at radius 3 is 2.88 bits per heavy atom. The number of nitrogens with one attached hydrogen (secondary N) is 1. The van der Waals surface area contributed by atoms with Gasteiger partial charge in [0.2, 0.25) is 5.91 Å². The van der Waals surface area contributed by atoms with Gasteiger partial charge in [-0.15, -0.1) is 0 Å². The first kappa shape index (κ1) is 17.2. The van der Waals surface area contributed by atoms with Gasteiger partial charge in [0.1, 0.15) is 17.9 Å². The van der Waals surface area contributed by atoms with Gasteiger partial charge in [-0.3, -0.25) is 4.79 Å². The van der Waals surface area contributed by atoms with E-state index in [1.807, 2.05) is 44.2 Å². The van der Waals surface area contributed by atoms with Crippen molar-refractivity contribution in [2.45, 2.75) is 26.7 Å². The number of hydrogen-bond donors (Lipinski definition) is 1. The largest absolute Gasteiger partial charge is 0.495 e. The van der Waals surface area contributed by atoms with E-state index in [2.05, 4.69) is 20.2 Å². The van der Waals surface area contributed by atoms with Gasteiger partial charge in [-0.1, -0.05) is 12.1 Å². The third-order valence-corrected chi connectivity index (χ3v) is 4.71. The van der Waals surface area contributed by atoms with Crippen molar-refractivity contribution in [1.82, 2.24) is 9.97 Å². The molecule has 1 aliphatic rings. The molecule has 0 radical (unpaired) electrons. The number of carbonyl (C=O) groups excluding carboxylic acids is 1. The fourth-order valence-corrected chi connectivity index (χ4v) is 3.25. The molecule has 25 heavy (non-hydrogen) atoms. The van der Waals surface area contributed by atoms with Crippen LogP contribution in [0.2, 0.25) is 0 Å². The summed E-state index contributed by atoms with van der Waals surface area (Å²) in [6.07, 6.45) is 3.36. The number of carbonyl (C=O) groups is 1. The summed E-state index contributed by atoms with van der Waals surface area (Å²) in [5.74, 6) is 1.55. The minimum Gasteiger partial charge on any atom is -0.495 e. The highest BCUT2D eigenvalue weighted by Gasteiger charge is 2.38. The highest BCUT2D eigenvalue weighted by molar-refractivity contribution is 5.96. The van der Waals surface area contributed by atoms with Gasteiger partial charge in [-0.25, -0.2) is 9.97 Å². The highest BCUT2D eigenvalue weighted by Crippen LogP contribution is 2.34. The van der Waals surface area contributed by atoms with Crippen LogP contribution in [-0.2, 0) is 4.79 Å². The molecule has 1 N–H and O–H groups in total. The fraction of sp³-hybridized carbons (Fsp3) is 0.421. The second kappa shape index (κ2) is 7.09. The van der Waals surface area contributed by atoms with E-state index in [1.165, 1.54) is 0 Å². The molecule has 1 atom stereocenters. The molecule has 0 spiro atoms. The number of piperidine rings is 1. The molecule has 6 heteroatoms. The number of methoxy groups -OCH3 is 1. The summed E-state index contributed by atoms with van der Waals surface area (Å²) in [7, 11) is 1.60. The summed E-state index contributed by atoms with van der Waals surface area (Å²) in [5, 5.41) is 3.03. The molecular weight excluding hydrogens is 316 g/mol. The molecule has 2 heterocycles. The zero-order valence-electron chi connectivity index (χ0n) is 15.0. The maximum absolute atomic E-state index is 13.0. The monoisotopic (exact) mass is 340 g/mol. The van der Waals surface area contributed by atoms with Crippen molar-refractivity contribution in [3.63, 3.8) is 0 Å². The topological polar surface area (TPSA) is 67.3 Å². The zero-order valence-corrected chi connectivity index (χ0v) is 15.0. The summed E-state index contributed by atoms with van der Waals surface area (Å²) in [6.45, 7) is 5.49. The van der Waals surface area contributed by atoms with Crippen molar-refractivity contribution >= 4 is 17.4 Å². The summed E-state index contributed by atoms with van der Waals surface area (Å²) >= 11 is 0. The van der Waals surface area contributed by atoms with E-state index < -0.39 is 5.41 Å². The van der Waals surface area contributed by atoms with Crippen LogP contribution in [0.1, 0.15) is 25.5 Å². The Morgan fingerprint density at radius 2 is 2.12 bits per heavy atom. The minimum atomic E-state index is -0.488. The van der Waals surface area contributed by atoms with Crippen LogP contribution >= 0.6 is 0 Å². The molecule has 3 rings (SSSR count). The van der Waals surface area contributed by atoms with Crippen molar-refractivity contribution in [2.75, 3.05) is 30.4 Å². The minimum absolute atomic E-state index is 0.00692. The number of hydrogen-bond acceptors (Lipinski definition) is 5. The number of nitrogens with zero attached hydrogens (tertiary/aromatic N) is 3. The Labute approximate surface area is 148 Å². The van der Waals surface area contributed by atoms with Crippen LogP contribution in [0.25, 0.3) is 0 Å². The average Bonchev–Trinajstić information content (AvgIpc) is 2.62. The molecule has 1 saturated heterocycles. The van der Waals surface area contributed by atoms with Crippen molar-refractivity contribution in [1.29, 1.82) is 0 Å². The Balaban J connectivity index is 1.77. The lowest BCUT2D eigenvalue weighted by Crippen LogP contribution is -2.48. The molecule has 0 aliphatic carbocycles. The first-order chi connectivity index (χ1) is 12.0. The second-order valence-electron chi connectivity index (χ2n) is 6.76. The molecule has 1 aliphatic heterocycles. The Morgan fingerprint density at radius 1 is 1.32 bits per heavy atom. The molecule has 132 valence electrons. The molecule has 1 aromatic heterocycles. The second-order valence-corrected chi connectivity index (χ2v) is 6.76. The Bertz CT molecular complexity index is 765. The van der Waals surface area contributed by atoms with Crippen molar-refractivity contribution in [2.24, 2.45) is 5.41 Å². The van der Waals surface area contributed by atoms with Crippen LogP contribution in [0.4, 0.5) is 11.5 Å². The quantitative estimate of drug-likeness (QED) is 0.926. The number of amides is 1. The summed E-state index contributed by atoms with van der Waals surface area (Å²) in [6, 6.07) is 9.43. The lowest BCUT2D eigenvalue weighted by molar-refractivity contribution is -0.125. The number of rotatable bonds is 4. The molecule has 0 bridgehead atoms. The van der Waals surface area contributed by atoms with Crippen LogP contribution in [-0.4, -0.2) is 36.1 Å². The standard InChI is InChI=1S/C19H24N4O2/c1-14-11-17(21-13-20-14)23-10-6-9-19(2,12-23)18(24)22-15-7-4-5-8-16(15)25-3/h4-5,7-8,11,13H,6,9-10,12H2,1-3H3,(H,22,24)/t19-/m1/s1. The smallest absolute Gasteiger partial charge is 0.232 e. The lowest BCUT2D eigenvalue weighted by atomic mass is 9.81. The number of aromatic nitrogens is 2. The Kier molecular flexibility index (Phi) is 4.88. The maximum atomic E-state index is 13.0. The summed E-state index contributed by atoms with van der Waals surface area (Å²) < 4.78 is 5.33. The summed E-state index contributed by atoms with van der Waals surface area (Å²) in [4.78, 5) is 23.7. The molecule has 1 amide bonds. The van der Waals surface area contributed by atoms with E-state index in [0.717, 1.165) is 30.9 Å². The van der Waals surface area contributed by atoms with Gasteiger partial charge in [0, 0.05) is 24.8 Å². The highest BCUT2D eigenvalue weighted by atomic mass is 16.5. The van der Waals surface area contributed by atoms with Gasteiger partial charge >= 0.3 is 0 Å². The predicted molar refractivity (Wildman–Crippen MR) is 97.9 cm³/mol. The van der Waals surface area contributed by atoms with Gasteiger partial charge in [0.05, 0.1) is 18.2 Å². The van der Waals surface area contributed by atoms with E-state index in [9.17, 15) is 4.79 Å². The molecule has 6 nitrogen and oxygen atoms in total. The molecule has 1 fully saturated rings. The number of aryl methyl sites for hydroxylation is 1. The normalized spacial score (nSPS) is 20.2. The first-order valence-electron chi connectivity index (χ1n) is 8.50. The molecule has 1 aromatic carbocycles. The first-order valence-corrected chi connectivity index (χ1v) is 8.50. The number of benzene rings is 1. The van der Waals surface area contributed by atoms with Gasteiger partial charge in [0.15, 0.2) is 0 Å². The summed E-state index contributed by atoms with van der Waals surface area (Å²) in [5.41, 5.74) is 1.14. The van der Waals surface area contributed by atoms with Crippen LogP contribution in [0.15, 0.2) is 36.7 Å². The van der Waals surface area contributed by atoms with Crippen molar-refractivity contribution in [3.8, 4) is 5.75 Å². The maximum Gasteiger partial charge on any atom is 0.232 e. The van der Waals surface area contributed by atoms with Crippen LogP contribution < -0.4 is 15.0 Å². The van der Waals surface area contributed by atoms with E-state index in [1.54, 1.807) is 13.4 Å². The van der Waals surface area contributed by atoms with E-state index in [0.29, 0.717) is 18.0 Å². The molecular formula is C19H24N4O2.